The fraction of sp³-hybridized carbons (Fsp3) is 0.294. The van der Waals surface area contributed by atoms with Crippen LogP contribution in [0.4, 0.5) is 24.5 Å². The van der Waals surface area contributed by atoms with Crippen molar-refractivity contribution < 1.29 is 27.6 Å². The van der Waals surface area contributed by atoms with Crippen LogP contribution in [0, 0.1) is 12.8 Å². The number of thiazole rings is 1. The number of halogens is 3. The van der Waals surface area contributed by atoms with E-state index >= 15 is 0 Å². The summed E-state index contributed by atoms with van der Waals surface area (Å²) < 4.78 is 41.9. The molecule has 3 atom stereocenters. The second-order valence-corrected chi connectivity index (χ2v) is 14.6. The van der Waals surface area contributed by atoms with E-state index in [-0.39, 0.29) is 11.3 Å². The van der Waals surface area contributed by atoms with E-state index in [0.29, 0.717) is 15.6 Å². The number of aromatic nitrogens is 1. The molecule has 0 radical (unpaired) electrons. The summed E-state index contributed by atoms with van der Waals surface area (Å²) in [5.74, 6) is -3.11. The highest BCUT2D eigenvalue weighted by Crippen LogP contribution is 2.54. The van der Waals surface area contributed by atoms with Crippen molar-refractivity contribution in [1.29, 1.82) is 0 Å². The summed E-state index contributed by atoms with van der Waals surface area (Å²) in [5, 5.41) is 1.76. The van der Waals surface area contributed by atoms with Crippen LogP contribution in [0.5, 0.6) is 0 Å². The molecule has 3 aromatic carbocycles. The van der Waals surface area contributed by atoms with Crippen LogP contribution in [0.1, 0.15) is 53.8 Å². The van der Waals surface area contributed by atoms with Gasteiger partial charge in [-0.3, -0.25) is 23.7 Å². The highest BCUT2D eigenvalue weighted by Gasteiger charge is 2.56. The summed E-state index contributed by atoms with van der Waals surface area (Å²) in [5.41, 5.74) is 1.65. The van der Waals surface area contributed by atoms with Crippen molar-refractivity contribution in [3.8, 4) is 0 Å². The topological polar surface area (TPSA) is 88.5 Å². The number of nitrogens with zero attached hydrogens (tertiary/aromatic N) is 2. The first-order valence-corrected chi connectivity index (χ1v) is 16.3. The third kappa shape index (κ3) is 5.68. The molecule has 7 nitrogen and oxygen atoms in total. The van der Waals surface area contributed by atoms with Gasteiger partial charge in [0.05, 0.1) is 27.9 Å². The van der Waals surface area contributed by atoms with Crippen molar-refractivity contribution in [3.63, 3.8) is 0 Å². The lowest BCUT2D eigenvalue weighted by Gasteiger charge is -2.31. The first-order valence-electron chi connectivity index (χ1n) is 14.6. The molecular formula is C34H30F3N3O4S2. The summed E-state index contributed by atoms with van der Waals surface area (Å²) in [7, 11) is 0. The Balaban J connectivity index is 1.41. The molecule has 0 aliphatic carbocycles. The number of rotatable bonds is 5. The van der Waals surface area contributed by atoms with Gasteiger partial charge in [-0.05, 0) is 47.7 Å². The van der Waals surface area contributed by atoms with E-state index in [1.54, 1.807) is 12.1 Å². The minimum Gasteiger partial charge on any atom is -0.324 e. The van der Waals surface area contributed by atoms with E-state index < -0.39 is 57.7 Å². The SMILES string of the molecule is Cc1ccc(N2C(=O)[C@H]3[C@H](c4ccc(C(C)(C)C)cc4)c4sc(=O)n(CC(=O)Nc5ccccc5C(F)(F)F)c4S[C@H]3C2=O)cc1. The first kappa shape index (κ1) is 31.8. The summed E-state index contributed by atoms with van der Waals surface area (Å²) in [4.78, 5) is 55.8. The van der Waals surface area contributed by atoms with Gasteiger partial charge in [-0.15, -0.1) is 0 Å². The van der Waals surface area contributed by atoms with Gasteiger partial charge < -0.3 is 5.32 Å². The molecule has 12 heteroatoms. The van der Waals surface area contributed by atoms with Crippen molar-refractivity contribution in [1.82, 2.24) is 4.57 Å². The Kier molecular flexibility index (Phi) is 8.00. The van der Waals surface area contributed by atoms with Crippen molar-refractivity contribution in [2.45, 2.75) is 62.0 Å². The Labute approximate surface area is 271 Å². The normalized spacial score (nSPS) is 19.6. The minimum atomic E-state index is -4.69. The maximum atomic E-state index is 14.1. The third-order valence-electron chi connectivity index (χ3n) is 8.29. The number of amides is 3. The van der Waals surface area contributed by atoms with E-state index in [2.05, 4.69) is 26.1 Å². The maximum absolute atomic E-state index is 14.1. The summed E-state index contributed by atoms with van der Waals surface area (Å²) in [6, 6.07) is 19.4. The Bertz CT molecular complexity index is 1910. The predicted octanol–water partition coefficient (Wildman–Crippen LogP) is 6.97. The molecule has 0 unspecified atom stereocenters. The van der Waals surface area contributed by atoms with Crippen LogP contribution in [0.3, 0.4) is 0 Å². The molecule has 1 saturated heterocycles. The van der Waals surface area contributed by atoms with Crippen LogP contribution in [-0.2, 0) is 32.5 Å². The fourth-order valence-electron chi connectivity index (χ4n) is 5.93. The Morgan fingerprint density at radius 1 is 0.891 bits per heavy atom. The molecule has 2 aliphatic heterocycles. The van der Waals surface area contributed by atoms with Crippen LogP contribution in [0.2, 0.25) is 0 Å². The Hall–Kier alpha value is -4.16. The summed E-state index contributed by atoms with van der Waals surface area (Å²) in [6.07, 6.45) is -4.69. The van der Waals surface area contributed by atoms with Gasteiger partial charge in [-0.2, -0.15) is 13.2 Å². The molecule has 1 aromatic heterocycles. The quantitative estimate of drug-likeness (QED) is 0.233. The summed E-state index contributed by atoms with van der Waals surface area (Å²) >= 11 is 1.93. The average Bonchev–Trinajstić information content (AvgIpc) is 3.43. The number of carbonyl (C=O) groups excluding carboxylic acids is 3. The standard InChI is InChI=1S/C34H30F3N3O4S2/c1-18-9-15-21(16-10-18)40-29(42)26-25(19-11-13-20(14-12-19)33(2,3)4)28-31(45-27(26)30(40)43)39(32(44)46-28)17-24(41)38-23-8-6-5-7-22(23)34(35,36)37/h5-16,25-27H,17H2,1-4H3,(H,38,41)/t25-,26-,27+/m0/s1. The van der Waals surface area contributed by atoms with Gasteiger partial charge in [0.25, 0.3) is 0 Å². The number of hydrogen-bond donors (Lipinski definition) is 1. The average molecular weight is 666 g/mol. The predicted molar refractivity (Wildman–Crippen MR) is 172 cm³/mol. The van der Waals surface area contributed by atoms with E-state index in [4.69, 9.17) is 0 Å². The number of alkyl halides is 3. The van der Waals surface area contributed by atoms with Crippen molar-refractivity contribution >= 4 is 52.2 Å². The molecule has 46 heavy (non-hydrogen) atoms. The van der Waals surface area contributed by atoms with Crippen LogP contribution in [0.25, 0.3) is 0 Å². The van der Waals surface area contributed by atoms with Crippen molar-refractivity contribution in [2.24, 2.45) is 5.92 Å². The highest BCUT2D eigenvalue weighted by molar-refractivity contribution is 8.00. The largest absolute Gasteiger partial charge is 0.418 e. The van der Waals surface area contributed by atoms with Gasteiger partial charge in [0, 0.05) is 10.8 Å². The van der Waals surface area contributed by atoms with Crippen molar-refractivity contribution in [2.75, 3.05) is 10.2 Å². The molecule has 1 fully saturated rings. The number of carbonyl (C=O) groups is 3. The number of benzene rings is 3. The van der Waals surface area contributed by atoms with Gasteiger partial charge in [0.15, 0.2) is 0 Å². The molecule has 0 saturated carbocycles. The number of imide groups is 1. The van der Waals surface area contributed by atoms with Crippen LogP contribution in [-0.4, -0.2) is 27.5 Å². The molecule has 3 heterocycles. The van der Waals surface area contributed by atoms with Gasteiger partial charge in [-0.1, -0.05) is 98.0 Å². The second kappa shape index (κ2) is 11.6. The zero-order valence-electron chi connectivity index (χ0n) is 25.3. The van der Waals surface area contributed by atoms with Gasteiger partial charge >= 0.3 is 11.0 Å². The van der Waals surface area contributed by atoms with E-state index in [1.807, 2.05) is 43.3 Å². The van der Waals surface area contributed by atoms with Gasteiger partial charge in [0.2, 0.25) is 17.7 Å². The zero-order chi connectivity index (χ0) is 33.1. The molecule has 4 aromatic rings. The molecule has 0 spiro atoms. The second-order valence-electron chi connectivity index (χ2n) is 12.5. The molecule has 1 N–H and O–H groups in total. The zero-order valence-corrected chi connectivity index (χ0v) is 27.0. The number of aryl methyl sites for hydroxylation is 1. The van der Waals surface area contributed by atoms with E-state index in [0.717, 1.165) is 51.9 Å². The first-order chi connectivity index (χ1) is 21.6. The monoisotopic (exact) mass is 665 g/mol. The number of fused-ring (bicyclic) bond motifs is 2. The fourth-order valence-corrected chi connectivity index (χ4v) is 8.70. The lowest BCUT2D eigenvalue weighted by atomic mass is 9.81. The van der Waals surface area contributed by atoms with Gasteiger partial charge in [-0.25, -0.2) is 4.90 Å². The Morgan fingerprint density at radius 2 is 1.54 bits per heavy atom. The van der Waals surface area contributed by atoms with Crippen molar-refractivity contribution in [3.05, 3.63) is 110 Å². The molecule has 3 amide bonds. The van der Waals surface area contributed by atoms with Crippen LogP contribution < -0.4 is 15.1 Å². The molecule has 2 aliphatic rings. The van der Waals surface area contributed by atoms with E-state index in [9.17, 15) is 32.3 Å². The van der Waals surface area contributed by atoms with Crippen LogP contribution >= 0.6 is 23.1 Å². The summed E-state index contributed by atoms with van der Waals surface area (Å²) in [6.45, 7) is 7.57. The number of para-hydroxylation sites is 1. The number of anilines is 2. The number of hydrogen-bond acceptors (Lipinski definition) is 6. The molecule has 6 rings (SSSR count). The number of nitrogens with one attached hydrogen (secondary N) is 1. The highest BCUT2D eigenvalue weighted by atomic mass is 32.2. The maximum Gasteiger partial charge on any atom is 0.418 e. The lowest BCUT2D eigenvalue weighted by Crippen LogP contribution is -2.33. The van der Waals surface area contributed by atoms with E-state index in [1.165, 1.54) is 21.6 Å². The molecule has 238 valence electrons. The van der Waals surface area contributed by atoms with Crippen LogP contribution in [0.15, 0.2) is 82.6 Å². The smallest absolute Gasteiger partial charge is 0.324 e. The molecule has 0 bridgehead atoms. The minimum absolute atomic E-state index is 0.137. The third-order valence-corrected chi connectivity index (χ3v) is 10.9. The van der Waals surface area contributed by atoms with Gasteiger partial charge in [0.1, 0.15) is 11.8 Å². The lowest BCUT2D eigenvalue weighted by molar-refractivity contribution is -0.137. The molecular weight excluding hydrogens is 636 g/mol. The Morgan fingerprint density at radius 3 is 2.17 bits per heavy atom. The number of thioether (sulfide) groups is 1.